The third-order valence-electron chi connectivity index (χ3n) is 5.77. The van der Waals surface area contributed by atoms with E-state index < -0.39 is 5.97 Å². The van der Waals surface area contributed by atoms with Crippen molar-refractivity contribution in [2.75, 3.05) is 19.8 Å². The van der Waals surface area contributed by atoms with Crippen molar-refractivity contribution in [1.82, 2.24) is 29.9 Å². The number of carbonyl (C=O) groups excluding carboxylic acids is 1. The van der Waals surface area contributed by atoms with Crippen LogP contribution < -0.4 is 18.9 Å². The van der Waals surface area contributed by atoms with Crippen molar-refractivity contribution in [3.05, 3.63) is 72.6 Å². The zero-order chi connectivity index (χ0) is 28.6. The maximum absolute atomic E-state index is 11.6. The van der Waals surface area contributed by atoms with Crippen molar-refractivity contribution >= 4 is 55.3 Å². The van der Waals surface area contributed by atoms with Gasteiger partial charge < -0.3 is 35.5 Å². The molecule has 6 aromatic heterocycles. The summed E-state index contributed by atoms with van der Waals surface area (Å²) in [6.45, 7) is 4.14. The second-order valence-electron chi connectivity index (χ2n) is 8.65. The van der Waals surface area contributed by atoms with Crippen LogP contribution in [0, 0.1) is 0 Å². The smallest absolute Gasteiger partial charge is 0.870 e. The first-order valence-corrected chi connectivity index (χ1v) is 14.4. The van der Waals surface area contributed by atoms with E-state index in [2.05, 4.69) is 29.9 Å². The van der Waals surface area contributed by atoms with Crippen LogP contribution in [-0.2, 0) is 9.47 Å². The van der Waals surface area contributed by atoms with Crippen LogP contribution in [-0.4, -0.2) is 77.7 Å². The number of pyridine rings is 2. The summed E-state index contributed by atoms with van der Waals surface area (Å²) in [6, 6.07) is 10.9. The third kappa shape index (κ3) is 9.03. The van der Waals surface area contributed by atoms with Crippen molar-refractivity contribution in [2.24, 2.45) is 0 Å². The van der Waals surface area contributed by atoms with Crippen LogP contribution in [0.4, 0.5) is 0 Å². The molecule has 0 saturated carbocycles. The van der Waals surface area contributed by atoms with Crippen LogP contribution in [0.5, 0.6) is 0 Å². The fraction of sp³-hybridized carbons (Fsp3) is 0.214. The van der Waals surface area contributed by atoms with Crippen LogP contribution in [0.2, 0.25) is 0 Å². The van der Waals surface area contributed by atoms with Crippen LogP contribution in [0.3, 0.4) is 0 Å². The van der Waals surface area contributed by atoms with Crippen LogP contribution in [0.1, 0.15) is 40.7 Å². The second-order valence-corrected chi connectivity index (χ2v) is 10.7. The van der Waals surface area contributed by atoms with E-state index in [1.807, 2.05) is 24.3 Å². The summed E-state index contributed by atoms with van der Waals surface area (Å²) in [5.74, 6) is -1.32. The fourth-order valence-electron chi connectivity index (χ4n) is 3.81. The Bertz CT molecular complexity index is 1680. The molecule has 0 bridgehead atoms. The number of carbonyl (C=O) groups is 2. The number of esters is 1. The topological polar surface area (TPSA) is 217 Å². The van der Waals surface area contributed by atoms with Gasteiger partial charge in [-0.1, -0.05) is 0 Å². The van der Waals surface area contributed by atoms with E-state index in [9.17, 15) is 9.59 Å². The normalized spacial score (nSPS) is 11.6. The van der Waals surface area contributed by atoms with Gasteiger partial charge in [-0.15, -0.1) is 22.7 Å². The molecule has 0 aromatic carbocycles. The summed E-state index contributed by atoms with van der Waals surface area (Å²) in [4.78, 5) is 44.8. The van der Waals surface area contributed by atoms with Gasteiger partial charge in [-0.25, -0.2) is 19.6 Å². The predicted molar refractivity (Wildman–Crippen MR) is 163 cm³/mol. The number of thiazole rings is 2. The minimum Gasteiger partial charge on any atom is -0.870 e. The number of aromatic amines is 2. The Hall–Kier alpha value is -3.94. The second kappa shape index (κ2) is 17.4. The first-order chi connectivity index (χ1) is 20.0. The molecule has 1 aliphatic heterocycles. The molecule has 7 heterocycles. The molecule has 0 unspecified atom stereocenters. The van der Waals surface area contributed by atoms with Crippen molar-refractivity contribution in [3.8, 4) is 21.1 Å². The number of rotatable bonds is 5. The Morgan fingerprint density at radius 3 is 1.70 bits per heavy atom. The van der Waals surface area contributed by atoms with Gasteiger partial charge in [-0.2, -0.15) is 0 Å². The van der Waals surface area contributed by atoms with Crippen molar-refractivity contribution in [2.45, 2.75) is 19.8 Å². The Morgan fingerprint density at radius 2 is 1.32 bits per heavy atom. The molecule has 13 nitrogen and oxygen atoms in total. The fourth-order valence-corrected chi connectivity index (χ4v) is 5.75. The Labute approximate surface area is 271 Å². The number of ether oxygens (including phenoxy) is 2. The van der Waals surface area contributed by atoms with Gasteiger partial charge in [0.2, 0.25) is 0 Å². The number of hydrogen-bond donors (Lipinski definition) is 3. The summed E-state index contributed by atoms with van der Waals surface area (Å²) in [7, 11) is 0. The van der Waals surface area contributed by atoms with Gasteiger partial charge in [0.05, 0.1) is 16.0 Å². The number of carboxylic acids is 1. The maximum atomic E-state index is 11.6. The maximum Gasteiger partial charge on any atom is 1.00 e. The minimum absolute atomic E-state index is 0. The first-order valence-electron chi connectivity index (χ1n) is 12.8. The predicted octanol–water partition coefficient (Wildman–Crippen LogP) is 2.05. The number of nitrogens with zero attached hydrogens (tertiary/aromatic N) is 4. The third-order valence-corrected chi connectivity index (χ3v) is 7.87. The molecule has 0 atom stereocenters. The van der Waals surface area contributed by atoms with Gasteiger partial charge in [-0.3, -0.25) is 9.97 Å². The molecule has 6 aromatic rings. The number of aromatic carboxylic acids is 1. The summed E-state index contributed by atoms with van der Waals surface area (Å²) in [5.41, 5.74) is 3.92. The molecule has 44 heavy (non-hydrogen) atoms. The van der Waals surface area contributed by atoms with E-state index in [1.165, 1.54) is 35.5 Å². The molecular formula is C28H29LiN6O7S2. The molecule has 6 N–H and O–H groups in total. The van der Waals surface area contributed by atoms with E-state index in [-0.39, 0.29) is 41.5 Å². The summed E-state index contributed by atoms with van der Waals surface area (Å²) in [5, 5.41) is 10.6. The van der Waals surface area contributed by atoms with Crippen LogP contribution >= 0.6 is 22.7 Å². The molecule has 226 valence electrons. The van der Waals surface area contributed by atoms with Crippen LogP contribution in [0.25, 0.3) is 41.8 Å². The number of hydrogen-bond acceptors (Lipinski definition) is 11. The van der Waals surface area contributed by atoms with E-state index in [0.717, 1.165) is 43.8 Å². The molecule has 1 aliphatic rings. The average Bonchev–Trinajstić information content (AvgIpc) is 3.81. The SMILES string of the molecule is C1CCOC1.CCOC(=O)c1cc2sc(-c3ccncc3)nc2[nH]1.O.O=C(O)c1cc2sc(-c3ccncc3)nc2[nH]1.[Li+].[OH-]. The summed E-state index contributed by atoms with van der Waals surface area (Å²) < 4.78 is 11.7. The molecule has 1 fully saturated rings. The number of nitrogens with one attached hydrogen (secondary N) is 2. The average molecular weight is 633 g/mol. The quantitative estimate of drug-likeness (QED) is 0.186. The van der Waals surface area contributed by atoms with Crippen molar-refractivity contribution in [1.29, 1.82) is 0 Å². The molecular weight excluding hydrogens is 603 g/mol. The Morgan fingerprint density at radius 1 is 0.864 bits per heavy atom. The Balaban J connectivity index is 0.000000251. The van der Waals surface area contributed by atoms with Gasteiger partial charge in [0, 0.05) is 49.1 Å². The van der Waals surface area contributed by atoms with Crippen molar-refractivity contribution < 1.29 is 54.0 Å². The number of H-pyrrole nitrogens is 2. The number of fused-ring (bicyclic) bond motifs is 2. The molecule has 1 saturated heterocycles. The zero-order valence-corrected chi connectivity index (χ0v) is 25.6. The van der Waals surface area contributed by atoms with Crippen LogP contribution in [0.15, 0.2) is 61.2 Å². The molecule has 0 amide bonds. The van der Waals surface area contributed by atoms with Gasteiger partial charge in [0.25, 0.3) is 0 Å². The summed E-state index contributed by atoms with van der Waals surface area (Å²) in [6.07, 6.45) is 9.42. The van der Waals surface area contributed by atoms with Gasteiger partial charge >= 0.3 is 30.8 Å². The first kappa shape index (κ1) is 36.2. The molecule has 0 spiro atoms. The van der Waals surface area contributed by atoms with E-state index in [0.29, 0.717) is 23.6 Å². The number of aromatic nitrogens is 6. The van der Waals surface area contributed by atoms with E-state index in [4.69, 9.17) is 14.6 Å². The van der Waals surface area contributed by atoms with Crippen molar-refractivity contribution in [3.63, 3.8) is 0 Å². The molecule has 7 rings (SSSR count). The van der Waals surface area contributed by atoms with Gasteiger partial charge in [0.1, 0.15) is 32.7 Å². The van der Waals surface area contributed by atoms with Gasteiger partial charge in [0.15, 0.2) is 0 Å². The minimum atomic E-state index is -0.972. The van der Waals surface area contributed by atoms with E-state index in [1.54, 1.807) is 43.8 Å². The standard InChI is InChI=1S/C13H11N3O2S.C11H7N3O2S.C4H8O.Li.2H2O/c1-2-18-13(17)9-7-10-11(15-9)16-12(19-10)8-3-5-14-6-4-8;15-11(16)7-5-8-9(13-7)14-10(17-8)6-1-3-12-4-2-6;1-2-4-5-3-1;;;/h3-7,15H,2H2,1H3;1-5,13H,(H,15,16);1-4H2;;2*1H2/q;;;+1;;/p-1. The largest absolute Gasteiger partial charge is 1.00 e. The number of carboxylic acid groups (broad SMARTS) is 1. The molecule has 0 radical (unpaired) electrons. The zero-order valence-electron chi connectivity index (χ0n) is 23.9. The van der Waals surface area contributed by atoms with Gasteiger partial charge in [-0.05, 0) is 56.2 Å². The summed E-state index contributed by atoms with van der Waals surface area (Å²) >= 11 is 2.98. The molecule has 16 heteroatoms. The Kier molecular flexibility index (Phi) is 14.3. The monoisotopic (exact) mass is 632 g/mol. The van der Waals surface area contributed by atoms with E-state index >= 15 is 0 Å². The molecule has 0 aliphatic carbocycles.